The fraction of sp³-hybridized carbons (Fsp3) is 0.467. The van der Waals surface area contributed by atoms with Gasteiger partial charge in [-0.3, -0.25) is 4.90 Å². The molecule has 0 amide bonds. The molecule has 4 nitrogen and oxygen atoms in total. The largest absolute Gasteiger partial charge is 0.573 e. The van der Waals surface area contributed by atoms with Crippen molar-refractivity contribution in [1.29, 1.82) is 0 Å². The fourth-order valence-corrected chi connectivity index (χ4v) is 2.93. The fourth-order valence-electron chi connectivity index (χ4n) is 2.93. The van der Waals surface area contributed by atoms with E-state index in [-0.39, 0.29) is 11.8 Å². The standard InChI is InChI=1S/C15H18F3N3O/c16-15(17,18)22-13-3-4-14-10(7-13)6-12(20-14)9-21-5-1-2-11(19)8-21/h3-4,6-7,11,20H,1-2,5,8-9,19H2. The summed E-state index contributed by atoms with van der Waals surface area (Å²) in [6.07, 6.45) is -2.55. The zero-order valence-electron chi connectivity index (χ0n) is 12.0. The van der Waals surface area contributed by atoms with Crippen molar-refractivity contribution in [2.45, 2.75) is 31.8 Å². The molecule has 3 N–H and O–H groups in total. The lowest BCUT2D eigenvalue weighted by Crippen LogP contribution is -2.42. The third-order valence-electron chi connectivity index (χ3n) is 3.82. The predicted octanol–water partition coefficient (Wildman–Crippen LogP) is 2.99. The van der Waals surface area contributed by atoms with Gasteiger partial charge in [0.1, 0.15) is 5.75 Å². The van der Waals surface area contributed by atoms with Gasteiger partial charge in [-0.1, -0.05) is 0 Å². The second-order valence-corrected chi connectivity index (χ2v) is 5.73. The summed E-state index contributed by atoms with van der Waals surface area (Å²) in [6.45, 7) is 2.56. The van der Waals surface area contributed by atoms with E-state index in [2.05, 4.69) is 14.6 Å². The summed E-state index contributed by atoms with van der Waals surface area (Å²) in [5.41, 5.74) is 7.72. The Labute approximate surface area is 126 Å². The molecule has 3 rings (SSSR count). The highest BCUT2D eigenvalue weighted by atomic mass is 19.4. The smallest absolute Gasteiger partial charge is 0.406 e. The minimum Gasteiger partial charge on any atom is -0.406 e. The van der Waals surface area contributed by atoms with Crippen molar-refractivity contribution < 1.29 is 17.9 Å². The van der Waals surface area contributed by atoms with Gasteiger partial charge in [0.25, 0.3) is 0 Å². The summed E-state index contributed by atoms with van der Waals surface area (Å²) in [4.78, 5) is 5.48. The van der Waals surface area contributed by atoms with Crippen LogP contribution in [0.1, 0.15) is 18.5 Å². The maximum atomic E-state index is 12.2. The highest BCUT2D eigenvalue weighted by Gasteiger charge is 2.31. The van der Waals surface area contributed by atoms with Gasteiger partial charge in [0.15, 0.2) is 0 Å². The van der Waals surface area contributed by atoms with Crippen LogP contribution in [-0.4, -0.2) is 35.4 Å². The quantitative estimate of drug-likeness (QED) is 0.916. The third kappa shape index (κ3) is 3.72. The van der Waals surface area contributed by atoms with Crippen LogP contribution in [0.15, 0.2) is 24.3 Å². The number of aromatic nitrogens is 1. The van der Waals surface area contributed by atoms with Gasteiger partial charge in [-0.25, -0.2) is 0 Å². The van der Waals surface area contributed by atoms with Crippen molar-refractivity contribution in [3.05, 3.63) is 30.0 Å². The van der Waals surface area contributed by atoms with Crippen LogP contribution in [0.25, 0.3) is 10.9 Å². The first kappa shape index (κ1) is 15.2. The number of alkyl halides is 3. The highest BCUT2D eigenvalue weighted by molar-refractivity contribution is 5.81. The van der Waals surface area contributed by atoms with Crippen molar-refractivity contribution in [2.75, 3.05) is 13.1 Å². The summed E-state index contributed by atoms with van der Waals surface area (Å²) in [7, 11) is 0. The molecule has 22 heavy (non-hydrogen) atoms. The number of fused-ring (bicyclic) bond motifs is 1. The first-order valence-electron chi connectivity index (χ1n) is 7.24. The van der Waals surface area contributed by atoms with Crippen LogP contribution in [0.3, 0.4) is 0 Å². The molecule has 7 heteroatoms. The Balaban J connectivity index is 1.75. The first-order valence-corrected chi connectivity index (χ1v) is 7.24. The lowest BCUT2D eigenvalue weighted by molar-refractivity contribution is -0.274. The van der Waals surface area contributed by atoms with Gasteiger partial charge >= 0.3 is 6.36 Å². The average molecular weight is 313 g/mol. The molecule has 0 aliphatic carbocycles. The average Bonchev–Trinajstić information content (AvgIpc) is 2.78. The van der Waals surface area contributed by atoms with Crippen molar-refractivity contribution in [3.8, 4) is 5.75 Å². The van der Waals surface area contributed by atoms with Crippen LogP contribution in [0.2, 0.25) is 0 Å². The number of aromatic amines is 1. The Morgan fingerprint density at radius 2 is 2.14 bits per heavy atom. The van der Waals surface area contributed by atoms with Crippen molar-refractivity contribution in [3.63, 3.8) is 0 Å². The van der Waals surface area contributed by atoms with Crippen LogP contribution in [0.4, 0.5) is 13.2 Å². The molecule has 2 aromatic rings. The summed E-state index contributed by atoms with van der Waals surface area (Å²) >= 11 is 0. The summed E-state index contributed by atoms with van der Waals surface area (Å²) in [6, 6.07) is 6.36. The van der Waals surface area contributed by atoms with Gasteiger partial charge < -0.3 is 15.5 Å². The van der Waals surface area contributed by atoms with Gasteiger partial charge in [-0.15, -0.1) is 13.2 Å². The first-order chi connectivity index (χ1) is 10.4. The second kappa shape index (κ2) is 5.81. The third-order valence-corrected chi connectivity index (χ3v) is 3.82. The number of hydrogen-bond donors (Lipinski definition) is 2. The molecular weight excluding hydrogens is 295 g/mol. The Kier molecular flexibility index (Phi) is 4.01. The molecule has 0 bridgehead atoms. The lowest BCUT2D eigenvalue weighted by Gasteiger charge is -2.30. The minimum atomic E-state index is -4.67. The van der Waals surface area contributed by atoms with E-state index in [1.54, 1.807) is 6.07 Å². The predicted molar refractivity (Wildman–Crippen MR) is 77.5 cm³/mol. The molecule has 0 radical (unpaired) electrons. The molecule has 1 aromatic heterocycles. The van der Waals surface area contributed by atoms with Crippen molar-refractivity contribution >= 4 is 10.9 Å². The Morgan fingerprint density at radius 1 is 1.32 bits per heavy atom. The molecule has 2 heterocycles. The number of likely N-dealkylation sites (tertiary alicyclic amines) is 1. The molecule has 1 unspecified atom stereocenters. The molecule has 0 spiro atoms. The monoisotopic (exact) mass is 313 g/mol. The van der Waals surface area contributed by atoms with Crippen LogP contribution in [0, 0.1) is 0 Å². The number of rotatable bonds is 3. The van der Waals surface area contributed by atoms with Crippen LogP contribution < -0.4 is 10.5 Å². The molecule has 1 aromatic carbocycles. The normalized spacial score (nSPS) is 20.5. The molecule has 1 atom stereocenters. The Morgan fingerprint density at radius 3 is 2.86 bits per heavy atom. The number of H-pyrrole nitrogens is 1. The van der Waals surface area contributed by atoms with E-state index in [0.717, 1.165) is 43.7 Å². The number of benzene rings is 1. The lowest BCUT2D eigenvalue weighted by atomic mass is 10.1. The van der Waals surface area contributed by atoms with E-state index in [0.29, 0.717) is 5.39 Å². The highest BCUT2D eigenvalue weighted by Crippen LogP contribution is 2.27. The van der Waals surface area contributed by atoms with Crippen molar-refractivity contribution in [2.24, 2.45) is 5.73 Å². The van der Waals surface area contributed by atoms with Gasteiger partial charge in [0, 0.05) is 35.7 Å². The summed E-state index contributed by atoms with van der Waals surface area (Å²) < 4.78 is 40.7. The van der Waals surface area contributed by atoms with Gasteiger partial charge in [-0.2, -0.15) is 0 Å². The molecule has 1 aliphatic rings. The van der Waals surface area contributed by atoms with E-state index in [1.165, 1.54) is 12.1 Å². The maximum absolute atomic E-state index is 12.2. The molecule has 1 aliphatic heterocycles. The van der Waals surface area contributed by atoms with E-state index in [1.807, 2.05) is 6.07 Å². The SMILES string of the molecule is NC1CCCN(Cc2cc3cc(OC(F)(F)F)ccc3[nH]2)C1. The number of nitrogens with one attached hydrogen (secondary N) is 1. The maximum Gasteiger partial charge on any atom is 0.573 e. The molecule has 0 saturated carbocycles. The Bertz CT molecular complexity index is 653. The van der Waals surface area contributed by atoms with E-state index >= 15 is 0 Å². The van der Waals surface area contributed by atoms with E-state index in [9.17, 15) is 13.2 Å². The second-order valence-electron chi connectivity index (χ2n) is 5.73. The zero-order valence-corrected chi connectivity index (χ0v) is 12.0. The van der Waals surface area contributed by atoms with Gasteiger partial charge in [-0.05, 0) is 43.7 Å². The number of halogens is 3. The zero-order chi connectivity index (χ0) is 15.7. The van der Waals surface area contributed by atoms with Crippen LogP contribution in [-0.2, 0) is 6.54 Å². The molecule has 1 saturated heterocycles. The molecular formula is C15H18F3N3O. The number of nitrogens with two attached hydrogens (primary N) is 1. The topological polar surface area (TPSA) is 54.3 Å². The summed E-state index contributed by atoms with van der Waals surface area (Å²) in [5, 5.41) is 0.707. The number of ether oxygens (including phenoxy) is 1. The van der Waals surface area contributed by atoms with E-state index < -0.39 is 6.36 Å². The minimum absolute atomic E-state index is 0.199. The summed E-state index contributed by atoms with van der Waals surface area (Å²) in [5.74, 6) is -0.203. The van der Waals surface area contributed by atoms with Crippen LogP contribution >= 0.6 is 0 Å². The number of nitrogens with zero attached hydrogens (tertiary/aromatic N) is 1. The van der Waals surface area contributed by atoms with Crippen LogP contribution in [0.5, 0.6) is 5.75 Å². The van der Waals surface area contributed by atoms with Crippen molar-refractivity contribution in [1.82, 2.24) is 9.88 Å². The molecule has 120 valence electrons. The number of hydrogen-bond acceptors (Lipinski definition) is 3. The number of piperidine rings is 1. The van der Waals surface area contributed by atoms with Gasteiger partial charge in [0.05, 0.1) is 0 Å². The molecule has 1 fully saturated rings. The van der Waals surface area contributed by atoms with E-state index in [4.69, 9.17) is 5.73 Å². The Hall–Kier alpha value is -1.73. The van der Waals surface area contributed by atoms with Gasteiger partial charge in [0.2, 0.25) is 0 Å².